The van der Waals surface area contributed by atoms with Crippen LogP contribution in [0.2, 0.25) is 0 Å². The van der Waals surface area contributed by atoms with Gasteiger partial charge >= 0.3 is 0 Å². The first-order chi connectivity index (χ1) is 14.2. The van der Waals surface area contributed by atoms with E-state index in [1.165, 1.54) is 4.88 Å². The summed E-state index contributed by atoms with van der Waals surface area (Å²) in [4.78, 5) is 23.4. The third-order valence-corrected chi connectivity index (χ3v) is 7.23. The van der Waals surface area contributed by atoms with E-state index in [9.17, 15) is 4.79 Å². The molecule has 2 fully saturated rings. The van der Waals surface area contributed by atoms with E-state index in [1.807, 2.05) is 30.5 Å². The van der Waals surface area contributed by atoms with Gasteiger partial charge in [0.2, 0.25) is 0 Å². The lowest BCUT2D eigenvalue weighted by molar-refractivity contribution is 0.0299. The largest absolute Gasteiger partial charge is 0.486 e. The number of morpholine rings is 1. The minimum atomic E-state index is -0.340. The molecule has 0 saturated carbocycles. The summed E-state index contributed by atoms with van der Waals surface area (Å²) in [5.41, 5.74) is 0.395. The van der Waals surface area contributed by atoms with Crippen molar-refractivity contribution in [2.45, 2.75) is 37.8 Å². The average Bonchev–Trinajstić information content (AvgIpc) is 3.13. The zero-order chi connectivity index (χ0) is 19.7. The highest BCUT2D eigenvalue weighted by molar-refractivity contribution is 7.15. The summed E-state index contributed by atoms with van der Waals surface area (Å²) >= 11 is 1.79. The number of carbonyl (C=O) groups is 1. The Hall–Kier alpha value is -1.96. The topological polar surface area (TPSA) is 54.9 Å². The van der Waals surface area contributed by atoms with Crippen LogP contribution in [0, 0.1) is 0 Å². The van der Waals surface area contributed by atoms with Crippen molar-refractivity contribution >= 4 is 22.3 Å². The van der Waals surface area contributed by atoms with Gasteiger partial charge in [-0.25, -0.2) is 4.98 Å². The lowest BCUT2D eigenvalue weighted by Crippen LogP contribution is -2.42. The molecule has 6 nitrogen and oxygen atoms in total. The Balaban J connectivity index is 1.23. The van der Waals surface area contributed by atoms with E-state index in [2.05, 4.69) is 14.8 Å². The van der Waals surface area contributed by atoms with Gasteiger partial charge in [-0.1, -0.05) is 12.1 Å². The molecule has 1 aromatic carbocycles. The van der Waals surface area contributed by atoms with Crippen molar-refractivity contribution in [1.29, 1.82) is 0 Å². The highest BCUT2D eigenvalue weighted by atomic mass is 32.1. The minimum absolute atomic E-state index is 0.220. The van der Waals surface area contributed by atoms with Crippen LogP contribution in [0.3, 0.4) is 0 Å². The zero-order valence-electron chi connectivity index (χ0n) is 16.6. The molecule has 2 saturated heterocycles. The summed E-state index contributed by atoms with van der Waals surface area (Å²) in [6.07, 6.45) is 5.39. The predicted octanol–water partition coefficient (Wildman–Crippen LogP) is 3.37. The maximum atomic E-state index is 12.7. The van der Waals surface area contributed by atoms with E-state index >= 15 is 0 Å². The number of carbonyl (C=O) groups excluding carboxylic acids is 1. The molecule has 0 radical (unpaired) electrons. The van der Waals surface area contributed by atoms with Crippen LogP contribution >= 0.6 is 11.3 Å². The van der Waals surface area contributed by atoms with Gasteiger partial charge in [0, 0.05) is 43.7 Å². The number of rotatable bonds is 3. The van der Waals surface area contributed by atoms with Gasteiger partial charge in [0.05, 0.1) is 25.2 Å². The molecule has 0 aliphatic carbocycles. The molecular weight excluding hydrogens is 386 g/mol. The predicted molar refractivity (Wildman–Crippen MR) is 113 cm³/mol. The van der Waals surface area contributed by atoms with Gasteiger partial charge in [-0.15, -0.1) is 11.3 Å². The molecule has 4 heterocycles. The van der Waals surface area contributed by atoms with Gasteiger partial charge in [-0.2, -0.15) is 0 Å². The van der Waals surface area contributed by atoms with Gasteiger partial charge < -0.3 is 14.4 Å². The molecule has 1 spiro atoms. The molecule has 7 heteroatoms. The molecule has 0 N–H and O–H groups in total. The van der Waals surface area contributed by atoms with Crippen LogP contribution in [0.1, 0.15) is 40.9 Å². The van der Waals surface area contributed by atoms with Crippen molar-refractivity contribution in [3.63, 3.8) is 0 Å². The summed E-state index contributed by atoms with van der Waals surface area (Å²) in [5.74, 6) is 0.979. The fourth-order valence-electron chi connectivity index (χ4n) is 4.60. The Bertz CT molecular complexity index is 880. The molecule has 1 atom stereocenters. The van der Waals surface area contributed by atoms with Crippen LogP contribution < -0.4 is 9.64 Å². The molecule has 3 aliphatic heterocycles. The Labute approximate surface area is 175 Å². The van der Waals surface area contributed by atoms with Gasteiger partial charge in [0.15, 0.2) is 10.9 Å². The average molecular weight is 414 g/mol. The van der Waals surface area contributed by atoms with Crippen LogP contribution in [-0.2, 0) is 11.3 Å². The Morgan fingerprint density at radius 3 is 2.86 bits per heavy atom. The number of Topliss-reactive ketones (excluding diaryl/α,β-unsaturated/α-hetero) is 1. The van der Waals surface area contributed by atoms with Crippen molar-refractivity contribution in [2.24, 2.45) is 0 Å². The Morgan fingerprint density at radius 1 is 1.10 bits per heavy atom. The summed E-state index contributed by atoms with van der Waals surface area (Å²) in [5, 5.41) is 1.10. The van der Waals surface area contributed by atoms with Gasteiger partial charge in [0.1, 0.15) is 11.4 Å². The fraction of sp³-hybridized carbons (Fsp3) is 0.545. The lowest BCUT2D eigenvalue weighted by Gasteiger charge is -2.37. The van der Waals surface area contributed by atoms with Crippen LogP contribution in [-0.4, -0.2) is 60.7 Å². The number of para-hydroxylation sites is 1. The summed E-state index contributed by atoms with van der Waals surface area (Å²) in [6.45, 7) is 6.31. The second-order valence-electron chi connectivity index (χ2n) is 8.22. The molecule has 0 bridgehead atoms. The number of hydrogen-bond donors (Lipinski definition) is 0. The maximum Gasteiger partial charge on any atom is 0.185 e. The lowest BCUT2D eigenvalue weighted by atomic mass is 9.84. The number of hydrogen-bond acceptors (Lipinski definition) is 7. The third-order valence-electron chi connectivity index (χ3n) is 6.19. The Kier molecular flexibility index (Phi) is 5.28. The monoisotopic (exact) mass is 413 g/mol. The molecule has 1 unspecified atom stereocenters. The van der Waals surface area contributed by atoms with Crippen molar-refractivity contribution in [3.8, 4) is 5.75 Å². The number of nitrogens with zero attached hydrogens (tertiary/aromatic N) is 3. The van der Waals surface area contributed by atoms with Gasteiger partial charge in [0.25, 0.3) is 0 Å². The van der Waals surface area contributed by atoms with E-state index < -0.39 is 0 Å². The molecule has 29 heavy (non-hydrogen) atoms. The van der Waals surface area contributed by atoms with Gasteiger partial charge in [-0.3, -0.25) is 9.69 Å². The van der Waals surface area contributed by atoms with E-state index in [4.69, 9.17) is 9.47 Å². The van der Waals surface area contributed by atoms with Crippen LogP contribution in [0.15, 0.2) is 30.5 Å². The SMILES string of the molecule is O=C1CC2(CCCN(Cc3cnc(N4CCOCC4)s3)CC2)Oc2ccccc21. The van der Waals surface area contributed by atoms with Crippen molar-refractivity contribution < 1.29 is 14.3 Å². The second kappa shape index (κ2) is 8.05. The molecule has 0 amide bonds. The van der Waals surface area contributed by atoms with E-state index in [1.54, 1.807) is 11.3 Å². The molecule has 1 aromatic heterocycles. The standard InChI is InChI=1S/C22H27N3O3S/c26-19-14-22(28-20-5-2-1-4-18(19)20)6-3-8-24(9-7-22)16-17-15-23-21(29-17)25-10-12-27-13-11-25/h1-2,4-5,15H,3,6-14,16H2. The number of ether oxygens (including phenoxy) is 2. The highest BCUT2D eigenvalue weighted by Gasteiger charge is 2.41. The highest BCUT2D eigenvalue weighted by Crippen LogP contribution is 2.39. The quantitative estimate of drug-likeness (QED) is 0.769. The molecule has 154 valence electrons. The number of benzene rings is 1. The van der Waals surface area contributed by atoms with E-state index in [0.29, 0.717) is 6.42 Å². The normalized spacial score (nSPS) is 25.5. The first-order valence-electron chi connectivity index (χ1n) is 10.5. The smallest absolute Gasteiger partial charge is 0.185 e. The third kappa shape index (κ3) is 4.04. The van der Waals surface area contributed by atoms with Crippen LogP contribution in [0.25, 0.3) is 0 Å². The van der Waals surface area contributed by atoms with E-state index in [-0.39, 0.29) is 11.4 Å². The molecule has 5 rings (SSSR count). The number of thiazole rings is 1. The maximum absolute atomic E-state index is 12.7. The van der Waals surface area contributed by atoms with Gasteiger partial charge in [-0.05, 0) is 31.5 Å². The number of anilines is 1. The first-order valence-corrected chi connectivity index (χ1v) is 11.3. The first kappa shape index (κ1) is 19.0. The molecule has 2 aromatic rings. The molecule has 3 aliphatic rings. The van der Waals surface area contributed by atoms with Crippen LogP contribution in [0.5, 0.6) is 5.75 Å². The van der Waals surface area contributed by atoms with Crippen molar-refractivity contribution in [1.82, 2.24) is 9.88 Å². The van der Waals surface area contributed by atoms with Crippen molar-refractivity contribution in [2.75, 3.05) is 44.3 Å². The number of likely N-dealkylation sites (tertiary alicyclic amines) is 1. The number of aromatic nitrogens is 1. The fourth-order valence-corrected chi connectivity index (χ4v) is 5.60. The summed E-state index contributed by atoms with van der Waals surface area (Å²) < 4.78 is 11.9. The minimum Gasteiger partial charge on any atom is -0.486 e. The summed E-state index contributed by atoms with van der Waals surface area (Å²) in [6, 6.07) is 7.67. The zero-order valence-corrected chi connectivity index (χ0v) is 17.5. The van der Waals surface area contributed by atoms with E-state index in [0.717, 1.165) is 81.6 Å². The summed E-state index contributed by atoms with van der Waals surface area (Å²) in [7, 11) is 0. The second-order valence-corrected chi connectivity index (χ2v) is 9.31. The Morgan fingerprint density at radius 2 is 1.97 bits per heavy atom. The number of fused-ring (bicyclic) bond motifs is 1. The van der Waals surface area contributed by atoms with Crippen LogP contribution in [0.4, 0.5) is 5.13 Å². The number of ketones is 1. The van der Waals surface area contributed by atoms with Crippen molar-refractivity contribution in [3.05, 3.63) is 40.9 Å². The molecular formula is C22H27N3O3S.